The monoisotopic (exact) mass is 426 g/mol. The molecule has 144 valence electrons. The minimum atomic E-state index is -3.62. The molecular formula is C19H20Cl2N2O3S. The highest BCUT2D eigenvalue weighted by Crippen LogP contribution is 2.26. The molecule has 27 heavy (non-hydrogen) atoms. The number of carbonyl (C=O) groups is 1. The van der Waals surface area contributed by atoms with E-state index in [-0.39, 0.29) is 22.9 Å². The summed E-state index contributed by atoms with van der Waals surface area (Å²) in [5.74, 6) is -0.352. The van der Waals surface area contributed by atoms with Gasteiger partial charge in [-0.15, -0.1) is 0 Å². The highest BCUT2D eigenvalue weighted by Gasteiger charge is 2.28. The van der Waals surface area contributed by atoms with E-state index in [0.29, 0.717) is 21.2 Å². The number of sulfonamides is 1. The van der Waals surface area contributed by atoms with E-state index in [1.54, 1.807) is 31.2 Å². The van der Waals surface area contributed by atoms with Crippen molar-refractivity contribution in [1.29, 1.82) is 0 Å². The smallest absolute Gasteiger partial charge is 0.252 e. The molecule has 5 nitrogen and oxygen atoms in total. The predicted molar refractivity (Wildman–Crippen MR) is 107 cm³/mol. The third kappa shape index (κ3) is 4.82. The second kappa shape index (κ2) is 7.80. The molecule has 0 heterocycles. The molecule has 1 aliphatic carbocycles. The first-order chi connectivity index (χ1) is 12.7. The molecule has 2 aromatic rings. The number of halogens is 2. The second-order valence-corrected chi connectivity index (χ2v) is 9.27. The standard InChI is InChI=1S/C19H20Cl2N2O3S/c1-11-3-7-15(27(25,26)23-14-5-6-14)10-16(11)19(24)22-12(2)13-4-8-17(20)18(21)9-13/h3-4,7-10,12,14,23H,5-6H2,1-2H3,(H,22,24). The molecule has 0 saturated heterocycles. The summed E-state index contributed by atoms with van der Waals surface area (Å²) >= 11 is 12.0. The Morgan fingerprint density at radius 3 is 2.44 bits per heavy atom. The third-order valence-electron chi connectivity index (χ3n) is 4.45. The predicted octanol–water partition coefficient (Wildman–Crippen LogP) is 4.23. The van der Waals surface area contributed by atoms with Crippen molar-refractivity contribution in [3.63, 3.8) is 0 Å². The average molecular weight is 427 g/mol. The number of amides is 1. The molecular weight excluding hydrogens is 407 g/mol. The zero-order valence-electron chi connectivity index (χ0n) is 14.9. The van der Waals surface area contributed by atoms with Crippen molar-refractivity contribution in [2.24, 2.45) is 0 Å². The molecule has 0 spiro atoms. The van der Waals surface area contributed by atoms with E-state index in [4.69, 9.17) is 23.2 Å². The number of aryl methyl sites for hydroxylation is 1. The Labute approximate surface area is 169 Å². The van der Waals surface area contributed by atoms with Crippen molar-refractivity contribution >= 4 is 39.1 Å². The van der Waals surface area contributed by atoms with E-state index < -0.39 is 10.0 Å². The SMILES string of the molecule is Cc1ccc(S(=O)(=O)NC2CC2)cc1C(=O)NC(C)c1ccc(Cl)c(Cl)c1. The van der Waals surface area contributed by atoms with Gasteiger partial charge < -0.3 is 5.32 Å². The molecule has 8 heteroatoms. The number of rotatable bonds is 6. The summed E-state index contributed by atoms with van der Waals surface area (Å²) in [4.78, 5) is 12.8. The summed E-state index contributed by atoms with van der Waals surface area (Å²) in [6, 6.07) is 9.40. The van der Waals surface area contributed by atoms with Gasteiger partial charge in [-0.05, 0) is 62.1 Å². The van der Waals surface area contributed by atoms with Crippen LogP contribution in [0.3, 0.4) is 0 Å². The molecule has 1 saturated carbocycles. The van der Waals surface area contributed by atoms with Gasteiger partial charge in [-0.3, -0.25) is 4.79 Å². The van der Waals surface area contributed by atoms with Crippen LogP contribution in [0.2, 0.25) is 10.0 Å². The van der Waals surface area contributed by atoms with Gasteiger partial charge in [0, 0.05) is 11.6 Å². The number of hydrogen-bond acceptors (Lipinski definition) is 3. The average Bonchev–Trinajstić information content (AvgIpc) is 3.40. The number of benzene rings is 2. The van der Waals surface area contributed by atoms with E-state index in [9.17, 15) is 13.2 Å². The molecule has 0 radical (unpaired) electrons. The Hall–Kier alpha value is -1.60. The van der Waals surface area contributed by atoms with Crippen LogP contribution in [0.1, 0.15) is 47.3 Å². The molecule has 0 aliphatic heterocycles. The maximum Gasteiger partial charge on any atom is 0.252 e. The van der Waals surface area contributed by atoms with Crippen LogP contribution in [0.5, 0.6) is 0 Å². The summed E-state index contributed by atoms with van der Waals surface area (Å²) < 4.78 is 27.4. The van der Waals surface area contributed by atoms with Gasteiger partial charge in [0.15, 0.2) is 0 Å². The van der Waals surface area contributed by atoms with Crippen molar-refractivity contribution in [1.82, 2.24) is 10.0 Å². The quantitative estimate of drug-likeness (QED) is 0.725. The first kappa shape index (κ1) is 20.1. The normalized spacial score (nSPS) is 15.4. The minimum absolute atomic E-state index is 0.00301. The molecule has 1 atom stereocenters. The van der Waals surface area contributed by atoms with Crippen molar-refractivity contribution in [3.8, 4) is 0 Å². The van der Waals surface area contributed by atoms with Gasteiger partial charge >= 0.3 is 0 Å². The maximum absolute atomic E-state index is 12.7. The number of nitrogens with one attached hydrogen (secondary N) is 2. The lowest BCUT2D eigenvalue weighted by atomic mass is 10.1. The summed E-state index contributed by atoms with van der Waals surface area (Å²) in [5, 5.41) is 3.72. The maximum atomic E-state index is 12.7. The Morgan fingerprint density at radius 1 is 1.11 bits per heavy atom. The summed E-state index contributed by atoms with van der Waals surface area (Å²) in [5.41, 5.74) is 1.81. The van der Waals surface area contributed by atoms with Crippen molar-refractivity contribution in [3.05, 3.63) is 63.1 Å². The molecule has 1 fully saturated rings. The van der Waals surface area contributed by atoms with Crippen LogP contribution in [0, 0.1) is 6.92 Å². The molecule has 1 unspecified atom stereocenters. The van der Waals surface area contributed by atoms with E-state index in [1.807, 2.05) is 6.92 Å². The second-order valence-electron chi connectivity index (χ2n) is 6.74. The van der Waals surface area contributed by atoms with Crippen molar-refractivity contribution < 1.29 is 13.2 Å². The lowest BCUT2D eigenvalue weighted by Crippen LogP contribution is -2.29. The van der Waals surface area contributed by atoms with Crippen molar-refractivity contribution in [2.45, 2.75) is 43.7 Å². The van der Waals surface area contributed by atoms with E-state index in [0.717, 1.165) is 18.4 Å². The van der Waals surface area contributed by atoms with Gasteiger partial charge in [0.2, 0.25) is 10.0 Å². The molecule has 1 amide bonds. The fraction of sp³-hybridized carbons (Fsp3) is 0.316. The molecule has 2 N–H and O–H groups in total. The van der Waals surface area contributed by atoms with Crippen LogP contribution in [-0.2, 0) is 10.0 Å². The lowest BCUT2D eigenvalue weighted by molar-refractivity contribution is 0.0939. The molecule has 1 aliphatic rings. The van der Waals surface area contributed by atoms with Gasteiger partial charge in [-0.2, -0.15) is 0 Å². The Balaban J connectivity index is 1.81. The van der Waals surface area contributed by atoms with Crippen LogP contribution < -0.4 is 10.0 Å². The molecule has 2 aromatic carbocycles. The van der Waals surface area contributed by atoms with Gasteiger partial charge in [0.05, 0.1) is 21.0 Å². The topological polar surface area (TPSA) is 75.3 Å². The van der Waals surface area contributed by atoms with E-state index in [1.165, 1.54) is 12.1 Å². The van der Waals surface area contributed by atoms with E-state index in [2.05, 4.69) is 10.0 Å². The van der Waals surface area contributed by atoms with Gasteiger partial charge in [0.25, 0.3) is 5.91 Å². The summed E-state index contributed by atoms with van der Waals surface area (Å²) in [7, 11) is -3.62. The Morgan fingerprint density at radius 2 is 1.81 bits per heavy atom. The highest BCUT2D eigenvalue weighted by molar-refractivity contribution is 7.89. The molecule has 3 rings (SSSR count). The third-order valence-corrected chi connectivity index (χ3v) is 6.71. The molecule has 0 aromatic heterocycles. The molecule has 0 bridgehead atoms. The highest BCUT2D eigenvalue weighted by atomic mass is 35.5. The van der Waals surface area contributed by atoms with Crippen LogP contribution in [0.15, 0.2) is 41.3 Å². The first-order valence-electron chi connectivity index (χ1n) is 8.56. The van der Waals surface area contributed by atoms with E-state index >= 15 is 0 Å². The van der Waals surface area contributed by atoms with Gasteiger partial charge in [0.1, 0.15) is 0 Å². The summed E-state index contributed by atoms with van der Waals surface area (Å²) in [6.45, 7) is 3.59. The first-order valence-corrected chi connectivity index (χ1v) is 10.8. The lowest BCUT2D eigenvalue weighted by Gasteiger charge is -2.16. The van der Waals surface area contributed by atoms with Crippen LogP contribution in [0.4, 0.5) is 0 Å². The Bertz CT molecular complexity index is 988. The fourth-order valence-corrected chi connectivity index (χ4v) is 4.28. The zero-order valence-corrected chi connectivity index (χ0v) is 17.3. The van der Waals surface area contributed by atoms with Crippen LogP contribution in [0.25, 0.3) is 0 Å². The zero-order chi connectivity index (χ0) is 19.8. The minimum Gasteiger partial charge on any atom is -0.346 e. The van der Waals surface area contributed by atoms with Crippen molar-refractivity contribution in [2.75, 3.05) is 0 Å². The Kier molecular flexibility index (Phi) is 5.82. The fourth-order valence-electron chi connectivity index (χ4n) is 2.64. The summed E-state index contributed by atoms with van der Waals surface area (Å²) in [6.07, 6.45) is 1.69. The van der Waals surface area contributed by atoms with Crippen LogP contribution in [-0.4, -0.2) is 20.4 Å². The van der Waals surface area contributed by atoms with Crippen LogP contribution >= 0.6 is 23.2 Å². The van der Waals surface area contributed by atoms with Gasteiger partial charge in [-0.1, -0.05) is 35.3 Å². The number of hydrogen-bond donors (Lipinski definition) is 2. The van der Waals surface area contributed by atoms with Gasteiger partial charge in [-0.25, -0.2) is 13.1 Å². The largest absolute Gasteiger partial charge is 0.346 e. The number of carbonyl (C=O) groups excluding carboxylic acids is 1.